The molecule has 0 aliphatic carbocycles. The summed E-state index contributed by atoms with van der Waals surface area (Å²) in [6.07, 6.45) is 0.804. The molecule has 2 aromatic rings. The minimum atomic E-state index is -4.37. The topological polar surface area (TPSA) is 41.1 Å². The molecule has 2 aliphatic rings. The molecule has 0 bridgehead atoms. The van der Waals surface area contributed by atoms with E-state index in [0.29, 0.717) is 18.3 Å². The second kappa shape index (κ2) is 8.38. The molecule has 3 heterocycles. The van der Waals surface area contributed by atoms with Crippen LogP contribution >= 0.6 is 11.8 Å². The van der Waals surface area contributed by atoms with Gasteiger partial charge >= 0.3 is 6.18 Å². The molecule has 29 heavy (non-hydrogen) atoms. The van der Waals surface area contributed by atoms with E-state index in [-0.39, 0.29) is 17.7 Å². The molecule has 2 saturated heterocycles. The van der Waals surface area contributed by atoms with E-state index in [4.69, 9.17) is 0 Å². The van der Waals surface area contributed by atoms with Crippen molar-refractivity contribution >= 4 is 23.4 Å². The highest BCUT2D eigenvalue weighted by molar-refractivity contribution is 8.00. The maximum atomic E-state index is 15.1. The number of nitrogens with one attached hydrogen (secondary N) is 1. The van der Waals surface area contributed by atoms with Gasteiger partial charge in [-0.2, -0.15) is 29.3 Å². The predicted octanol–water partition coefficient (Wildman–Crippen LogP) is 5.28. The molecule has 1 N–H and O–H groups in total. The zero-order chi connectivity index (χ0) is 20.4. The van der Waals surface area contributed by atoms with Gasteiger partial charge in [0.1, 0.15) is 6.33 Å². The minimum absolute atomic E-state index is 0.181. The molecule has 2 atom stereocenters. The summed E-state index contributed by atoms with van der Waals surface area (Å²) in [6.45, 7) is 1.25. The summed E-state index contributed by atoms with van der Waals surface area (Å²) in [5.41, 5.74) is 0.0423. The Balaban J connectivity index is 1.53. The van der Waals surface area contributed by atoms with E-state index in [0.717, 1.165) is 42.7 Å². The third-order valence-corrected chi connectivity index (χ3v) is 6.84. The van der Waals surface area contributed by atoms with Crippen LogP contribution in [0.1, 0.15) is 42.9 Å². The van der Waals surface area contributed by atoms with Gasteiger partial charge in [-0.15, -0.1) is 0 Å². The van der Waals surface area contributed by atoms with E-state index in [1.165, 1.54) is 24.9 Å². The van der Waals surface area contributed by atoms with Gasteiger partial charge in [0, 0.05) is 18.3 Å². The molecule has 0 amide bonds. The number of alkyl halides is 3. The van der Waals surface area contributed by atoms with E-state index >= 15 is 4.39 Å². The fraction of sp³-hybridized carbons (Fsp3) is 0.500. The molecular formula is C20H22F4N4S. The van der Waals surface area contributed by atoms with Crippen molar-refractivity contribution in [2.45, 2.75) is 43.2 Å². The molecular weight excluding hydrogens is 404 g/mol. The molecule has 1 aromatic heterocycles. The van der Waals surface area contributed by atoms with Gasteiger partial charge in [-0.3, -0.25) is 0 Å². The number of thioether (sulfide) groups is 1. The molecule has 2 aliphatic heterocycles. The van der Waals surface area contributed by atoms with Crippen molar-refractivity contribution in [1.29, 1.82) is 0 Å². The summed E-state index contributed by atoms with van der Waals surface area (Å²) >= 11 is 1.88. The molecule has 2 fully saturated rings. The largest absolute Gasteiger partial charge is 0.416 e. The van der Waals surface area contributed by atoms with Gasteiger partial charge in [-0.1, -0.05) is 12.1 Å². The molecule has 156 valence electrons. The summed E-state index contributed by atoms with van der Waals surface area (Å²) in [7, 11) is 0. The lowest BCUT2D eigenvalue weighted by Crippen LogP contribution is -2.26. The summed E-state index contributed by atoms with van der Waals surface area (Å²) in [5.74, 6) is 1.01. The highest BCUT2D eigenvalue weighted by Gasteiger charge is 2.33. The van der Waals surface area contributed by atoms with Crippen LogP contribution in [-0.2, 0) is 6.18 Å². The van der Waals surface area contributed by atoms with Crippen molar-refractivity contribution in [3.8, 4) is 0 Å². The normalized spacial score (nSPS) is 22.3. The standard InChI is InChI=1S/C20H22F4N4S/c21-17-18(25-11-15-3-2-10-29-15)26-12-27-19(17)28-9-1-4-16(28)13-5-7-14(8-6-13)20(22,23)24/h5-8,12,15-16H,1-4,9-11H2,(H,25,26,27)/t15?,16-/m1/s1. The van der Waals surface area contributed by atoms with Crippen LogP contribution in [0.5, 0.6) is 0 Å². The number of rotatable bonds is 5. The molecule has 4 nitrogen and oxygen atoms in total. The Morgan fingerprint density at radius 1 is 1.10 bits per heavy atom. The zero-order valence-electron chi connectivity index (χ0n) is 15.8. The van der Waals surface area contributed by atoms with Gasteiger partial charge in [0.05, 0.1) is 11.6 Å². The van der Waals surface area contributed by atoms with Gasteiger partial charge in [-0.25, -0.2) is 9.97 Å². The average Bonchev–Trinajstić information content (AvgIpc) is 3.39. The van der Waals surface area contributed by atoms with Gasteiger partial charge in [-0.05, 0) is 49.1 Å². The highest BCUT2D eigenvalue weighted by atomic mass is 32.2. The molecule has 0 radical (unpaired) electrons. The van der Waals surface area contributed by atoms with Gasteiger partial charge < -0.3 is 10.2 Å². The number of anilines is 2. The van der Waals surface area contributed by atoms with Crippen molar-refractivity contribution in [3.05, 3.63) is 47.5 Å². The number of halogens is 4. The van der Waals surface area contributed by atoms with Crippen LogP contribution in [0.15, 0.2) is 30.6 Å². The first-order chi connectivity index (χ1) is 13.9. The zero-order valence-corrected chi connectivity index (χ0v) is 16.6. The predicted molar refractivity (Wildman–Crippen MR) is 107 cm³/mol. The van der Waals surface area contributed by atoms with Crippen molar-refractivity contribution in [3.63, 3.8) is 0 Å². The summed E-state index contributed by atoms with van der Waals surface area (Å²) in [5, 5.41) is 3.56. The molecule has 4 rings (SSSR count). The first kappa shape index (κ1) is 20.3. The minimum Gasteiger partial charge on any atom is -0.366 e. The number of aromatic nitrogens is 2. The van der Waals surface area contributed by atoms with Crippen molar-refractivity contribution in [2.75, 3.05) is 29.1 Å². The molecule has 0 saturated carbocycles. The molecule has 1 aromatic carbocycles. The second-order valence-corrected chi connectivity index (χ2v) is 8.76. The van der Waals surface area contributed by atoms with Gasteiger partial charge in [0.2, 0.25) is 5.82 Å². The quantitative estimate of drug-likeness (QED) is 0.659. The Morgan fingerprint density at radius 3 is 2.59 bits per heavy atom. The lowest BCUT2D eigenvalue weighted by atomic mass is 10.0. The smallest absolute Gasteiger partial charge is 0.366 e. The van der Waals surface area contributed by atoms with Crippen molar-refractivity contribution in [1.82, 2.24) is 9.97 Å². The monoisotopic (exact) mass is 426 g/mol. The lowest BCUT2D eigenvalue weighted by Gasteiger charge is -2.27. The average molecular weight is 426 g/mol. The number of benzene rings is 1. The van der Waals surface area contributed by atoms with Crippen LogP contribution in [0.3, 0.4) is 0 Å². The third kappa shape index (κ3) is 4.44. The van der Waals surface area contributed by atoms with Crippen molar-refractivity contribution in [2.24, 2.45) is 0 Å². The highest BCUT2D eigenvalue weighted by Crippen LogP contribution is 2.38. The van der Waals surface area contributed by atoms with E-state index < -0.39 is 17.6 Å². The van der Waals surface area contributed by atoms with Crippen LogP contribution in [0.4, 0.5) is 29.2 Å². The summed E-state index contributed by atoms with van der Waals surface area (Å²) < 4.78 is 53.6. The van der Waals surface area contributed by atoms with E-state index in [2.05, 4.69) is 15.3 Å². The molecule has 0 spiro atoms. The van der Waals surface area contributed by atoms with Crippen LogP contribution in [-0.4, -0.2) is 34.1 Å². The molecule has 9 heteroatoms. The Labute approximate surface area is 171 Å². The first-order valence-electron chi connectivity index (χ1n) is 9.73. The van der Waals surface area contributed by atoms with Crippen LogP contribution in [0, 0.1) is 5.82 Å². The van der Waals surface area contributed by atoms with Crippen LogP contribution in [0.25, 0.3) is 0 Å². The van der Waals surface area contributed by atoms with E-state index in [1.54, 1.807) is 0 Å². The molecule has 1 unspecified atom stereocenters. The SMILES string of the molecule is Fc1c(NCC2CCCS2)ncnc1N1CCC[C@@H]1c1ccc(C(F)(F)F)cc1. The number of hydrogen-bond donors (Lipinski definition) is 1. The number of nitrogens with zero attached hydrogens (tertiary/aromatic N) is 3. The Hall–Kier alpha value is -2.03. The van der Waals surface area contributed by atoms with Crippen LogP contribution in [0.2, 0.25) is 0 Å². The maximum absolute atomic E-state index is 15.1. The van der Waals surface area contributed by atoms with Crippen LogP contribution < -0.4 is 10.2 Å². The van der Waals surface area contributed by atoms with E-state index in [9.17, 15) is 13.2 Å². The Kier molecular flexibility index (Phi) is 5.85. The Bertz CT molecular complexity index is 837. The third-order valence-electron chi connectivity index (χ3n) is 5.44. The fourth-order valence-corrected chi connectivity index (χ4v) is 5.16. The number of hydrogen-bond acceptors (Lipinski definition) is 5. The van der Waals surface area contributed by atoms with Gasteiger partial charge in [0.25, 0.3) is 0 Å². The van der Waals surface area contributed by atoms with Gasteiger partial charge in [0.15, 0.2) is 11.6 Å². The lowest BCUT2D eigenvalue weighted by molar-refractivity contribution is -0.137. The first-order valence-corrected chi connectivity index (χ1v) is 10.8. The van der Waals surface area contributed by atoms with Crippen molar-refractivity contribution < 1.29 is 17.6 Å². The summed E-state index contributed by atoms with van der Waals surface area (Å²) in [6, 6.07) is 4.89. The summed E-state index contributed by atoms with van der Waals surface area (Å²) in [4.78, 5) is 10.0. The fourth-order valence-electron chi connectivity index (χ4n) is 3.96. The second-order valence-electron chi connectivity index (χ2n) is 7.35. The maximum Gasteiger partial charge on any atom is 0.416 e. The van der Waals surface area contributed by atoms with E-state index in [1.807, 2.05) is 16.7 Å². The Morgan fingerprint density at radius 2 is 1.90 bits per heavy atom.